The second-order valence-electron chi connectivity index (χ2n) is 3.01. The normalized spacial score (nSPS) is 10.2. The van der Waals surface area contributed by atoms with Crippen LogP contribution in [0.5, 0.6) is 0 Å². The van der Waals surface area contributed by atoms with Gasteiger partial charge in [0.2, 0.25) is 5.76 Å². The summed E-state index contributed by atoms with van der Waals surface area (Å²) in [7, 11) is 0. The Morgan fingerprint density at radius 3 is 2.60 bits per heavy atom. The predicted molar refractivity (Wildman–Crippen MR) is 53.3 cm³/mol. The van der Waals surface area contributed by atoms with E-state index in [9.17, 15) is 10.1 Å². The summed E-state index contributed by atoms with van der Waals surface area (Å²) < 4.78 is 5.21. The Hall–Kier alpha value is -2.17. The van der Waals surface area contributed by atoms with E-state index in [4.69, 9.17) is 4.42 Å². The van der Waals surface area contributed by atoms with Crippen molar-refractivity contribution in [2.45, 2.75) is 6.92 Å². The lowest BCUT2D eigenvalue weighted by Gasteiger charge is -1.94. The molecule has 0 N–H and O–H groups in total. The van der Waals surface area contributed by atoms with E-state index < -0.39 is 4.92 Å². The highest BCUT2D eigenvalue weighted by Crippen LogP contribution is 2.29. The van der Waals surface area contributed by atoms with Crippen molar-refractivity contribution in [2.75, 3.05) is 0 Å². The molecule has 1 aromatic carbocycles. The smallest absolute Gasteiger partial charge is 0.411 e. The molecule has 76 valence electrons. The van der Waals surface area contributed by atoms with Gasteiger partial charge in [-0.25, -0.2) is 0 Å². The zero-order valence-corrected chi connectivity index (χ0v) is 8.01. The van der Waals surface area contributed by atoms with Gasteiger partial charge < -0.3 is 14.5 Å². The third kappa shape index (κ3) is 1.71. The Labute approximate surface area is 85.5 Å². The number of aromatic nitrogens is 1. The molecule has 2 aromatic rings. The lowest BCUT2D eigenvalue weighted by atomic mass is 10.2. The van der Waals surface area contributed by atoms with Gasteiger partial charge in [-0.05, 0) is 4.92 Å². The van der Waals surface area contributed by atoms with Crippen molar-refractivity contribution in [3.63, 3.8) is 0 Å². The largest absolute Gasteiger partial charge is 0.414 e. The average Bonchev–Trinajstić information content (AvgIpc) is 2.62. The van der Waals surface area contributed by atoms with E-state index in [1.165, 1.54) is 0 Å². The van der Waals surface area contributed by atoms with Crippen LogP contribution in [0.2, 0.25) is 0 Å². The summed E-state index contributed by atoms with van der Waals surface area (Å²) >= 11 is 0. The van der Waals surface area contributed by atoms with Crippen LogP contribution < -0.4 is 0 Å². The molecule has 0 spiro atoms. The number of nitro groups is 1. The van der Waals surface area contributed by atoms with Crippen LogP contribution in [-0.2, 0) is 0 Å². The lowest BCUT2D eigenvalue weighted by molar-refractivity contribution is -0.388. The molecule has 0 atom stereocenters. The number of benzene rings is 1. The van der Waals surface area contributed by atoms with E-state index in [2.05, 4.69) is 4.98 Å². The number of nitrogens with zero attached hydrogens (tertiary/aromatic N) is 2. The van der Waals surface area contributed by atoms with E-state index >= 15 is 0 Å². The van der Waals surface area contributed by atoms with Crippen molar-refractivity contribution < 1.29 is 9.34 Å². The van der Waals surface area contributed by atoms with Gasteiger partial charge in [-0.3, -0.25) is 0 Å². The topological polar surface area (TPSA) is 69.2 Å². The lowest BCUT2D eigenvalue weighted by Crippen LogP contribution is -1.90. The summed E-state index contributed by atoms with van der Waals surface area (Å²) in [5, 5.41) is 10.7. The van der Waals surface area contributed by atoms with Crippen molar-refractivity contribution in [1.82, 2.24) is 4.98 Å². The Kier molecular flexibility index (Phi) is 2.21. The van der Waals surface area contributed by atoms with Crippen LogP contribution in [-0.4, -0.2) is 9.91 Å². The summed E-state index contributed by atoms with van der Waals surface area (Å²) in [6, 6.07) is 8.90. The molecule has 0 aliphatic heterocycles. The Balaban J connectivity index is 2.58. The molecule has 1 aromatic heterocycles. The highest BCUT2D eigenvalue weighted by atomic mass is 16.6. The molecule has 0 aliphatic rings. The van der Waals surface area contributed by atoms with Gasteiger partial charge in [0.25, 0.3) is 0 Å². The van der Waals surface area contributed by atoms with Crippen LogP contribution in [0.25, 0.3) is 11.3 Å². The summed E-state index contributed by atoms with van der Waals surface area (Å²) in [4.78, 5) is 13.9. The van der Waals surface area contributed by atoms with Crippen LogP contribution in [0.3, 0.4) is 0 Å². The first-order chi connectivity index (χ1) is 7.18. The third-order valence-electron chi connectivity index (χ3n) is 1.93. The van der Waals surface area contributed by atoms with Crippen molar-refractivity contribution in [2.24, 2.45) is 0 Å². The fourth-order valence-corrected chi connectivity index (χ4v) is 1.32. The van der Waals surface area contributed by atoms with Crippen LogP contribution in [0.4, 0.5) is 5.82 Å². The van der Waals surface area contributed by atoms with Gasteiger partial charge in [0.05, 0.1) is 0 Å². The molecule has 5 nitrogen and oxygen atoms in total. The first-order valence-corrected chi connectivity index (χ1v) is 4.35. The molecule has 0 saturated heterocycles. The zero-order chi connectivity index (χ0) is 10.8. The second kappa shape index (κ2) is 3.53. The first-order valence-electron chi connectivity index (χ1n) is 4.35. The SMILES string of the molecule is Cc1nc([N+](=O)[O-])c(-c2ccccc2)o1. The Morgan fingerprint density at radius 1 is 1.33 bits per heavy atom. The fraction of sp³-hybridized carbons (Fsp3) is 0.100. The molecule has 0 amide bonds. The molecule has 0 bridgehead atoms. The minimum atomic E-state index is -0.543. The molecule has 15 heavy (non-hydrogen) atoms. The van der Waals surface area contributed by atoms with Crippen LogP contribution in [0, 0.1) is 17.0 Å². The molecule has 0 saturated carbocycles. The van der Waals surface area contributed by atoms with Crippen molar-refractivity contribution >= 4 is 5.82 Å². The Morgan fingerprint density at radius 2 is 2.00 bits per heavy atom. The maximum Gasteiger partial charge on any atom is 0.411 e. The summed E-state index contributed by atoms with van der Waals surface area (Å²) in [6.45, 7) is 1.58. The van der Waals surface area contributed by atoms with Gasteiger partial charge in [0.15, 0.2) is 0 Å². The minimum absolute atomic E-state index is 0.207. The van der Waals surface area contributed by atoms with Gasteiger partial charge in [0, 0.05) is 17.5 Å². The second-order valence-corrected chi connectivity index (χ2v) is 3.01. The summed E-state index contributed by atoms with van der Waals surface area (Å²) in [5.41, 5.74) is 0.657. The highest BCUT2D eigenvalue weighted by Gasteiger charge is 2.23. The molecule has 0 unspecified atom stereocenters. The van der Waals surface area contributed by atoms with Gasteiger partial charge in [-0.2, -0.15) is 0 Å². The molecular formula is C10H8N2O3. The molecule has 0 fully saturated rings. The summed E-state index contributed by atoms with van der Waals surface area (Å²) in [5.74, 6) is 0.261. The number of hydrogen-bond acceptors (Lipinski definition) is 4. The van der Waals surface area contributed by atoms with E-state index in [1.807, 2.05) is 6.07 Å². The van der Waals surface area contributed by atoms with Gasteiger partial charge in [0.1, 0.15) is 0 Å². The molecular weight excluding hydrogens is 196 g/mol. The Bertz CT molecular complexity index is 491. The first kappa shape index (κ1) is 9.39. The van der Waals surface area contributed by atoms with Crippen molar-refractivity contribution in [3.05, 3.63) is 46.3 Å². The van der Waals surface area contributed by atoms with Crippen molar-refractivity contribution in [3.8, 4) is 11.3 Å². The zero-order valence-electron chi connectivity index (χ0n) is 8.01. The highest BCUT2D eigenvalue weighted by molar-refractivity contribution is 5.65. The maximum atomic E-state index is 10.7. The molecule has 1 heterocycles. The van der Waals surface area contributed by atoms with Crippen molar-refractivity contribution in [1.29, 1.82) is 0 Å². The average molecular weight is 204 g/mol. The van der Waals surface area contributed by atoms with Gasteiger partial charge in [-0.15, -0.1) is 0 Å². The van der Waals surface area contributed by atoms with E-state index in [-0.39, 0.29) is 11.6 Å². The van der Waals surface area contributed by atoms with Crippen LogP contribution in [0.1, 0.15) is 5.89 Å². The molecule has 2 rings (SSSR count). The quantitative estimate of drug-likeness (QED) is 0.556. The molecule has 0 radical (unpaired) electrons. The fourth-order valence-electron chi connectivity index (χ4n) is 1.32. The van der Waals surface area contributed by atoms with Gasteiger partial charge >= 0.3 is 11.7 Å². The van der Waals surface area contributed by atoms with Gasteiger partial charge in [-0.1, -0.05) is 30.3 Å². The maximum absolute atomic E-state index is 10.7. The minimum Gasteiger partial charge on any atom is -0.414 e. The van der Waals surface area contributed by atoms with Crippen LogP contribution in [0.15, 0.2) is 34.7 Å². The van der Waals surface area contributed by atoms with Crippen LogP contribution >= 0.6 is 0 Å². The summed E-state index contributed by atoms with van der Waals surface area (Å²) in [6.07, 6.45) is 0. The number of rotatable bonds is 2. The van der Waals surface area contributed by atoms with E-state index in [1.54, 1.807) is 31.2 Å². The standard InChI is InChI=1S/C10H8N2O3/c1-7-11-10(12(13)14)9(15-7)8-5-3-2-4-6-8/h2-6H,1H3. The third-order valence-corrected chi connectivity index (χ3v) is 1.93. The molecule has 5 heteroatoms. The number of hydrogen-bond donors (Lipinski definition) is 0. The number of aryl methyl sites for hydroxylation is 1. The monoisotopic (exact) mass is 204 g/mol. The molecule has 0 aliphatic carbocycles. The predicted octanol–water partition coefficient (Wildman–Crippen LogP) is 2.56. The van der Waals surface area contributed by atoms with E-state index in [0.717, 1.165) is 0 Å². The van der Waals surface area contributed by atoms with E-state index in [0.29, 0.717) is 11.5 Å². The number of oxazole rings is 1.